The van der Waals surface area contributed by atoms with Crippen molar-refractivity contribution in [1.29, 1.82) is 0 Å². The second kappa shape index (κ2) is 3.13. The van der Waals surface area contributed by atoms with E-state index in [1.807, 2.05) is 42.6 Å². The van der Waals surface area contributed by atoms with Gasteiger partial charge >= 0.3 is 0 Å². The molecule has 1 N–H and O–H groups in total. The maximum atomic E-state index is 5.23. The van der Waals surface area contributed by atoms with Gasteiger partial charge in [-0.15, -0.1) is 0 Å². The summed E-state index contributed by atoms with van der Waals surface area (Å²) in [7, 11) is 0. The van der Waals surface area contributed by atoms with Gasteiger partial charge in [-0.05, 0) is 24.3 Å². The SMILES string of the molecule is C1=CC=C(c2ccco2)NC=C1. The van der Waals surface area contributed by atoms with Crippen LogP contribution in [0.15, 0.2) is 53.3 Å². The van der Waals surface area contributed by atoms with Crippen LogP contribution in [-0.4, -0.2) is 0 Å². The van der Waals surface area contributed by atoms with Crippen LogP contribution in [0, 0.1) is 0 Å². The molecule has 1 aliphatic rings. The van der Waals surface area contributed by atoms with Crippen molar-refractivity contribution in [1.82, 2.24) is 5.32 Å². The van der Waals surface area contributed by atoms with Gasteiger partial charge in [0.25, 0.3) is 0 Å². The third kappa shape index (κ3) is 1.32. The summed E-state index contributed by atoms with van der Waals surface area (Å²) in [6, 6.07) is 3.79. The summed E-state index contributed by atoms with van der Waals surface area (Å²) in [5.74, 6) is 0.853. The Bertz CT molecular complexity index is 331. The van der Waals surface area contributed by atoms with Gasteiger partial charge in [-0.2, -0.15) is 0 Å². The Balaban J connectivity index is 2.30. The lowest BCUT2D eigenvalue weighted by Crippen LogP contribution is -2.01. The zero-order valence-corrected chi connectivity index (χ0v) is 6.53. The molecule has 0 aromatic carbocycles. The molecule has 1 aromatic rings. The normalized spacial score (nSPS) is 15.2. The molecule has 2 nitrogen and oxygen atoms in total. The molecule has 0 saturated carbocycles. The second-order valence-corrected chi connectivity index (χ2v) is 2.45. The van der Waals surface area contributed by atoms with Gasteiger partial charge in [0.05, 0.1) is 12.0 Å². The minimum absolute atomic E-state index is 0.853. The minimum Gasteiger partial charge on any atom is -0.463 e. The standard InChI is InChI=1S/C10H9NO/c1-2-5-9(11-7-3-1)10-6-4-8-12-10/h1-8,11H. The molecule has 0 aliphatic carbocycles. The maximum absolute atomic E-state index is 5.23. The first kappa shape index (κ1) is 6.98. The predicted octanol–water partition coefficient (Wildman–Crippen LogP) is 2.29. The Morgan fingerprint density at radius 2 is 2.17 bits per heavy atom. The highest BCUT2D eigenvalue weighted by molar-refractivity contribution is 5.62. The lowest BCUT2D eigenvalue weighted by atomic mass is 10.3. The topological polar surface area (TPSA) is 25.2 Å². The highest BCUT2D eigenvalue weighted by Crippen LogP contribution is 2.12. The fourth-order valence-corrected chi connectivity index (χ4v) is 1.04. The van der Waals surface area contributed by atoms with Crippen LogP contribution in [0.25, 0.3) is 5.70 Å². The number of furan rings is 1. The first-order valence-electron chi connectivity index (χ1n) is 3.81. The summed E-state index contributed by atoms with van der Waals surface area (Å²) in [5, 5.41) is 3.11. The molecule has 0 spiro atoms. The smallest absolute Gasteiger partial charge is 0.150 e. The molecule has 0 fully saturated rings. The molecule has 12 heavy (non-hydrogen) atoms. The Morgan fingerprint density at radius 1 is 1.17 bits per heavy atom. The lowest BCUT2D eigenvalue weighted by molar-refractivity contribution is 0.550. The van der Waals surface area contributed by atoms with Crippen molar-refractivity contribution >= 4 is 5.70 Å². The first-order valence-corrected chi connectivity index (χ1v) is 3.81. The zero-order valence-electron chi connectivity index (χ0n) is 6.53. The van der Waals surface area contributed by atoms with E-state index < -0.39 is 0 Å². The van der Waals surface area contributed by atoms with Crippen molar-refractivity contribution in [3.63, 3.8) is 0 Å². The van der Waals surface area contributed by atoms with E-state index in [4.69, 9.17) is 4.42 Å². The van der Waals surface area contributed by atoms with Gasteiger partial charge < -0.3 is 9.73 Å². The van der Waals surface area contributed by atoms with Gasteiger partial charge in [0, 0.05) is 6.20 Å². The molecule has 0 bridgehead atoms. The molecular formula is C10H9NO. The fraction of sp³-hybridized carbons (Fsp3) is 0. The molecule has 0 amide bonds. The Kier molecular flexibility index (Phi) is 1.82. The quantitative estimate of drug-likeness (QED) is 0.680. The third-order valence-corrected chi connectivity index (χ3v) is 1.61. The van der Waals surface area contributed by atoms with E-state index in [2.05, 4.69) is 5.32 Å². The lowest BCUT2D eigenvalue weighted by Gasteiger charge is -2.00. The molecule has 0 unspecified atom stereocenters. The van der Waals surface area contributed by atoms with Crippen LogP contribution in [0.2, 0.25) is 0 Å². The van der Waals surface area contributed by atoms with Crippen LogP contribution in [0.5, 0.6) is 0 Å². The summed E-state index contributed by atoms with van der Waals surface area (Å²) >= 11 is 0. The van der Waals surface area contributed by atoms with E-state index in [1.165, 1.54) is 0 Å². The molecule has 60 valence electrons. The van der Waals surface area contributed by atoms with E-state index in [1.54, 1.807) is 6.26 Å². The van der Waals surface area contributed by atoms with E-state index >= 15 is 0 Å². The Labute approximate surface area is 70.9 Å². The first-order chi connectivity index (χ1) is 5.97. The van der Waals surface area contributed by atoms with E-state index in [0.29, 0.717) is 0 Å². The van der Waals surface area contributed by atoms with Gasteiger partial charge in [0.1, 0.15) is 5.76 Å². The van der Waals surface area contributed by atoms with Gasteiger partial charge in [-0.25, -0.2) is 0 Å². The van der Waals surface area contributed by atoms with Crippen LogP contribution >= 0.6 is 0 Å². The third-order valence-electron chi connectivity index (χ3n) is 1.61. The van der Waals surface area contributed by atoms with Crippen LogP contribution in [-0.2, 0) is 0 Å². The highest BCUT2D eigenvalue weighted by atomic mass is 16.3. The highest BCUT2D eigenvalue weighted by Gasteiger charge is 2.00. The van der Waals surface area contributed by atoms with Gasteiger partial charge in [0.2, 0.25) is 0 Å². The average Bonchev–Trinajstić information content (AvgIpc) is 2.48. The van der Waals surface area contributed by atoms with Crippen molar-refractivity contribution in [2.75, 3.05) is 0 Å². The summed E-state index contributed by atoms with van der Waals surface area (Å²) in [5.41, 5.74) is 0.977. The van der Waals surface area contributed by atoms with Crippen molar-refractivity contribution < 1.29 is 4.42 Å². The molecule has 0 saturated heterocycles. The van der Waals surface area contributed by atoms with E-state index in [9.17, 15) is 0 Å². The van der Waals surface area contributed by atoms with E-state index in [-0.39, 0.29) is 0 Å². The van der Waals surface area contributed by atoms with Crippen molar-refractivity contribution in [3.8, 4) is 0 Å². The molecule has 0 atom stereocenters. The number of allylic oxidation sites excluding steroid dienone is 4. The zero-order chi connectivity index (χ0) is 8.23. The fourth-order valence-electron chi connectivity index (χ4n) is 1.04. The molecule has 1 aliphatic heterocycles. The molecule has 2 heterocycles. The van der Waals surface area contributed by atoms with Gasteiger partial charge in [-0.3, -0.25) is 0 Å². The molecule has 2 heteroatoms. The summed E-state index contributed by atoms with van der Waals surface area (Å²) in [6.07, 6.45) is 11.4. The summed E-state index contributed by atoms with van der Waals surface area (Å²) in [6.45, 7) is 0. The molecule has 2 rings (SSSR count). The van der Waals surface area contributed by atoms with Crippen molar-refractivity contribution in [3.05, 3.63) is 54.7 Å². The monoisotopic (exact) mass is 159 g/mol. The van der Waals surface area contributed by atoms with E-state index in [0.717, 1.165) is 11.5 Å². The van der Waals surface area contributed by atoms with Gasteiger partial charge in [-0.1, -0.05) is 12.2 Å². The average molecular weight is 159 g/mol. The van der Waals surface area contributed by atoms with Crippen LogP contribution < -0.4 is 5.32 Å². The number of hydrogen-bond donors (Lipinski definition) is 1. The van der Waals surface area contributed by atoms with Gasteiger partial charge in [0.15, 0.2) is 0 Å². The maximum Gasteiger partial charge on any atom is 0.150 e. The van der Waals surface area contributed by atoms with Crippen LogP contribution in [0.1, 0.15) is 5.76 Å². The van der Waals surface area contributed by atoms with Crippen LogP contribution in [0.3, 0.4) is 0 Å². The largest absolute Gasteiger partial charge is 0.463 e. The minimum atomic E-state index is 0.853. The van der Waals surface area contributed by atoms with Crippen molar-refractivity contribution in [2.45, 2.75) is 0 Å². The summed E-state index contributed by atoms with van der Waals surface area (Å²) < 4.78 is 5.23. The molecular weight excluding hydrogens is 150 g/mol. The summed E-state index contributed by atoms with van der Waals surface area (Å²) in [4.78, 5) is 0. The number of rotatable bonds is 1. The second-order valence-electron chi connectivity index (χ2n) is 2.45. The number of hydrogen-bond acceptors (Lipinski definition) is 2. The Morgan fingerprint density at radius 3 is 3.00 bits per heavy atom. The van der Waals surface area contributed by atoms with Crippen molar-refractivity contribution in [2.24, 2.45) is 0 Å². The molecule has 0 radical (unpaired) electrons. The number of nitrogens with one attached hydrogen (secondary N) is 1. The molecule has 1 aromatic heterocycles. The Hall–Kier alpha value is -1.70. The van der Waals surface area contributed by atoms with Crippen LogP contribution in [0.4, 0.5) is 0 Å². The predicted molar refractivity (Wildman–Crippen MR) is 48.1 cm³/mol.